The number of fused-ring (bicyclic) bond motifs is 5. The smallest absolute Gasteiger partial charge is 0.310 e. The molecule has 1 aliphatic carbocycles. The van der Waals surface area contributed by atoms with Gasteiger partial charge in [0, 0.05) is 27.6 Å². The average molecular weight is 522 g/mol. The molecule has 0 saturated heterocycles. The highest BCUT2D eigenvalue weighted by Gasteiger charge is 2.36. The van der Waals surface area contributed by atoms with E-state index in [1.54, 1.807) is 16.7 Å². The van der Waals surface area contributed by atoms with Crippen LogP contribution < -0.4 is 5.32 Å². The van der Waals surface area contributed by atoms with Crippen molar-refractivity contribution in [2.45, 2.75) is 43.2 Å². The first kappa shape index (κ1) is 23.3. The fraction of sp³-hybridized carbons (Fsp3) is 0.250. The standard InChI is InChI=1S/C28H25F2N3OS2/c1-35-19-11-8-17(9-12-19)26-24-6-4-14-32(24)27-21(20-5-2-3-7-25(20)36-27)16-33(26)28(34)31-23-15-18(29)10-13-22(23)30/h4,6,8-15,26H,2-3,5,7,16H2,1H3,(H,31,34). The number of benzene rings is 2. The molecule has 184 valence electrons. The quantitative estimate of drug-likeness (QED) is 0.283. The van der Waals surface area contributed by atoms with Crippen molar-refractivity contribution < 1.29 is 13.6 Å². The summed E-state index contributed by atoms with van der Waals surface area (Å²) in [4.78, 5) is 18.1. The van der Waals surface area contributed by atoms with Crippen LogP contribution in [-0.2, 0) is 19.4 Å². The SMILES string of the molecule is CSc1ccc(C2c3cccn3-c3sc4c(c3CN2C(=O)Nc2cc(F)ccc2F)CCCC4)cc1. The van der Waals surface area contributed by atoms with Crippen LogP contribution in [0.2, 0.25) is 0 Å². The van der Waals surface area contributed by atoms with E-state index >= 15 is 0 Å². The highest BCUT2D eigenvalue weighted by Crippen LogP contribution is 2.44. The number of carbonyl (C=O) groups is 1. The molecule has 4 nitrogen and oxygen atoms in total. The van der Waals surface area contributed by atoms with Crippen LogP contribution in [0, 0.1) is 11.6 Å². The minimum absolute atomic E-state index is 0.163. The Morgan fingerprint density at radius 1 is 1.06 bits per heavy atom. The average Bonchev–Trinajstić information content (AvgIpc) is 3.48. The maximum absolute atomic E-state index is 14.5. The van der Waals surface area contributed by atoms with Gasteiger partial charge >= 0.3 is 6.03 Å². The number of aryl methyl sites for hydroxylation is 1. The second-order valence-electron chi connectivity index (χ2n) is 9.16. The lowest BCUT2D eigenvalue weighted by molar-refractivity contribution is 0.194. The Morgan fingerprint density at radius 3 is 2.67 bits per heavy atom. The van der Waals surface area contributed by atoms with Crippen molar-refractivity contribution in [3.63, 3.8) is 0 Å². The number of halogens is 2. The van der Waals surface area contributed by atoms with Gasteiger partial charge in [-0.05, 0) is 79.5 Å². The Hall–Kier alpha value is -3.10. The number of carbonyl (C=O) groups excluding carboxylic acids is 1. The predicted octanol–water partition coefficient (Wildman–Crippen LogP) is 7.55. The maximum Gasteiger partial charge on any atom is 0.323 e. The Morgan fingerprint density at radius 2 is 1.86 bits per heavy atom. The van der Waals surface area contributed by atoms with E-state index in [2.05, 4.69) is 28.2 Å². The van der Waals surface area contributed by atoms with Gasteiger partial charge in [-0.1, -0.05) is 12.1 Å². The van der Waals surface area contributed by atoms with Gasteiger partial charge in [-0.15, -0.1) is 23.1 Å². The largest absolute Gasteiger partial charge is 0.323 e. The van der Waals surface area contributed by atoms with E-state index in [1.807, 2.05) is 41.9 Å². The van der Waals surface area contributed by atoms with Crippen molar-refractivity contribution in [3.05, 3.63) is 99.7 Å². The summed E-state index contributed by atoms with van der Waals surface area (Å²) in [6.45, 7) is 0.389. The van der Waals surface area contributed by atoms with Crippen molar-refractivity contribution in [2.24, 2.45) is 0 Å². The van der Waals surface area contributed by atoms with Gasteiger partial charge in [-0.3, -0.25) is 0 Å². The maximum atomic E-state index is 14.5. The lowest BCUT2D eigenvalue weighted by Gasteiger charge is -2.31. The minimum atomic E-state index is -0.669. The third kappa shape index (κ3) is 4.02. The number of hydrogen-bond donors (Lipinski definition) is 1. The minimum Gasteiger partial charge on any atom is -0.310 e. The summed E-state index contributed by atoms with van der Waals surface area (Å²) < 4.78 is 30.6. The first-order chi connectivity index (χ1) is 17.5. The van der Waals surface area contributed by atoms with Gasteiger partial charge in [0.15, 0.2) is 0 Å². The summed E-state index contributed by atoms with van der Waals surface area (Å²) in [6, 6.07) is 14.5. The number of anilines is 1. The van der Waals surface area contributed by atoms with Crippen molar-refractivity contribution in [2.75, 3.05) is 11.6 Å². The van der Waals surface area contributed by atoms with Gasteiger partial charge < -0.3 is 14.8 Å². The summed E-state index contributed by atoms with van der Waals surface area (Å²) >= 11 is 3.48. The molecule has 3 heterocycles. The monoisotopic (exact) mass is 521 g/mol. The summed E-state index contributed by atoms with van der Waals surface area (Å²) in [7, 11) is 0. The number of thioether (sulfide) groups is 1. The third-order valence-corrected chi connectivity index (χ3v) is 9.12. The molecule has 8 heteroatoms. The van der Waals surface area contributed by atoms with Gasteiger partial charge in [0.2, 0.25) is 0 Å². The van der Waals surface area contributed by atoms with Gasteiger partial charge in [0.05, 0.1) is 24.0 Å². The van der Waals surface area contributed by atoms with Crippen LogP contribution in [0.1, 0.15) is 46.1 Å². The van der Waals surface area contributed by atoms with Crippen LogP contribution in [0.4, 0.5) is 19.3 Å². The first-order valence-corrected chi connectivity index (χ1v) is 14.1. The van der Waals surface area contributed by atoms with Gasteiger partial charge in [-0.25, -0.2) is 13.6 Å². The molecule has 0 radical (unpaired) electrons. The van der Waals surface area contributed by atoms with E-state index < -0.39 is 23.7 Å². The summed E-state index contributed by atoms with van der Waals surface area (Å²) in [6.07, 6.45) is 8.46. The lowest BCUT2D eigenvalue weighted by Crippen LogP contribution is -2.38. The van der Waals surface area contributed by atoms with Gasteiger partial charge in [0.25, 0.3) is 0 Å². The zero-order valence-electron chi connectivity index (χ0n) is 19.8. The number of urea groups is 1. The highest BCUT2D eigenvalue weighted by atomic mass is 32.2. The first-order valence-electron chi connectivity index (χ1n) is 12.0. The molecule has 0 bridgehead atoms. The molecule has 0 spiro atoms. The van der Waals surface area contributed by atoms with E-state index in [9.17, 15) is 13.6 Å². The Balaban J connectivity index is 1.49. The molecule has 1 unspecified atom stereocenters. The molecule has 1 atom stereocenters. The molecular weight excluding hydrogens is 496 g/mol. The lowest BCUT2D eigenvalue weighted by atomic mass is 9.95. The molecule has 36 heavy (non-hydrogen) atoms. The van der Waals surface area contributed by atoms with E-state index in [0.29, 0.717) is 6.54 Å². The third-order valence-electron chi connectivity index (χ3n) is 7.04. The molecule has 0 fully saturated rings. The van der Waals surface area contributed by atoms with Crippen molar-refractivity contribution in [1.29, 1.82) is 0 Å². The number of nitrogens with one attached hydrogen (secondary N) is 1. The molecule has 1 N–H and O–H groups in total. The zero-order chi connectivity index (χ0) is 24.8. The van der Waals surface area contributed by atoms with Crippen LogP contribution in [0.25, 0.3) is 5.00 Å². The molecule has 4 aromatic rings. The topological polar surface area (TPSA) is 37.3 Å². The van der Waals surface area contributed by atoms with E-state index in [4.69, 9.17) is 0 Å². The number of thiophene rings is 1. The van der Waals surface area contributed by atoms with E-state index in [-0.39, 0.29) is 5.69 Å². The molecule has 1 aliphatic heterocycles. The Bertz CT molecular complexity index is 1440. The van der Waals surface area contributed by atoms with Crippen LogP contribution in [0.15, 0.2) is 65.7 Å². The number of amides is 2. The van der Waals surface area contributed by atoms with Crippen molar-refractivity contribution >= 4 is 34.8 Å². The number of aromatic nitrogens is 1. The summed E-state index contributed by atoms with van der Waals surface area (Å²) in [5.41, 5.74) is 4.27. The van der Waals surface area contributed by atoms with Crippen LogP contribution >= 0.6 is 23.1 Å². The molecule has 2 aliphatic rings. The molecular formula is C28H25F2N3OS2. The molecule has 2 aromatic carbocycles. The highest BCUT2D eigenvalue weighted by molar-refractivity contribution is 7.98. The van der Waals surface area contributed by atoms with E-state index in [0.717, 1.165) is 64.2 Å². The second-order valence-corrected chi connectivity index (χ2v) is 11.1. The number of rotatable bonds is 3. The fourth-order valence-corrected chi connectivity index (χ4v) is 7.12. The second kappa shape index (κ2) is 9.41. The molecule has 2 amide bonds. The summed E-state index contributed by atoms with van der Waals surface area (Å²) in [5, 5.41) is 3.81. The van der Waals surface area contributed by atoms with Crippen LogP contribution in [0.5, 0.6) is 0 Å². The normalized spacial score (nSPS) is 16.6. The van der Waals surface area contributed by atoms with Gasteiger partial charge in [-0.2, -0.15) is 0 Å². The molecule has 6 rings (SSSR count). The van der Waals surface area contributed by atoms with E-state index in [1.165, 1.54) is 16.9 Å². The predicted molar refractivity (Wildman–Crippen MR) is 141 cm³/mol. The van der Waals surface area contributed by atoms with Crippen molar-refractivity contribution in [3.8, 4) is 5.00 Å². The molecule has 0 saturated carbocycles. The Labute approximate surface area is 216 Å². The van der Waals surface area contributed by atoms with Crippen LogP contribution in [0.3, 0.4) is 0 Å². The summed E-state index contributed by atoms with van der Waals surface area (Å²) in [5.74, 6) is -1.27. The van der Waals surface area contributed by atoms with Gasteiger partial charge in [0.1, 0.15) is 16.6 Å². The zero-order valence-corrected chi connectivity index (χ0v) is 21.4. The Kier molecular flexibility index (Phi) is 6.09. The fourth-order valence-electron chi connectivity index (χ4n) is 5.30. The van der Waals surface area contributed by atoms with Crippen LogP contribution in [-0.4, -0.2) is 21.8 Å². The number of nitrogens with zero attached hydrogens (tertiary/aromatic N) is 2. The van der Waals surface area contributed by atoms with Crippen molar-refractivity contribution in [1.82, 2.24) is 9.47 Å². The number of hydrogen-bond acceptors (Lipinski definition) is 3. The molecule has 2 aromatic heterocycles.